The molecule has 1 amide bonds. The summed E-state index contributed by atoms with van der Waals surface area (Å²) in [5.74, 6) is -0.0481. The van der Waals surface area contributed by atoms with Crippen LogP contribution < -0.4 is 4.90 Å². The Labute approximate surface area is 176 Å². The molecule has 5 nitrogen and oxygen atoms in total. The van der Waals surface area contributed by atoms with E-state index in [1.807, 2.05) is 61.5 Å². The monoisotopic (exact) mass is 454 g/mol. The molecular weight excluding hydrogens is 436 g/mol. The number of aromatic nitrogens is 2. The summed E-state index contributed by atoms with van der Waals surface area (Å²) in [5.41, 5.74) is 2.73. The molecule has 3 aromatic rings. The number of carbonyl (C=O) groups excluding carboxylic acids is 1. The van der Waals surface area contributed by atoms with Gasteiger partial charge in [-0.3, -0.25) is 4.79 Å². The highest BCUT2D eigenvalue weighted by atomic mass is 79.9. The summed E-state index contributed by atoms with van der Waals surface area (Å²) in [6.45, 7) is 2.23. The number of thioether (sulfide) groups is 1. The highest BCUT2D eigenvalue weighted by Crippen LogP contribution is 2.27. The lowest BCUT2D eigenvalue weighted by Gasteiger charge is -2.24. The number of anilines is 1. The summed E-state index contributed by atoms with van der Waals surface area (Å²) in [7, 11) is 0. The molecule has 0 aliphatic rings. The van der Waals surface area contributed by atoms with Crippen LogP contribution in [0.25, 0.3) is 11.3 Å². The molecule has 0 spiro atoms. The molecule has 0 radical (unpaired) electrons. The molecule has 3 rings (SSSR count). The van der Waals surface area contributed by atoms with Crippen molar-refractivity contribution >= 4 is 39.3 Å². The van der Waals surface area contributed by atoms with Crippen molar-refractivity contribution in [2.24, 2.45) is 0 Å². The predicted molar refractivity (Wildman–Crippen MR) is 116 cm³/mol. The molecule has 0 fully saturated rings. The number of H-pyrrole nitrogens is 1. The molecule has 0 aliphatic heterocycles. The number of nitrogens with one attached hydrogen (secondary N) is 1. The largest absolute Gasteiger partial charge is 0.333 e. The fraction of sp³-hybridized carbons (Fsp3) is 0.190. The van der Waals surface area contributed by atoms with Gasteiger partial charge in [-0.25, -0.2) is 4.98 Å². The Balaban J connectivity index is 1.72. The van der Waals surface area contributed by atoms with E-state index in [1.165, 1.54) is 11.8 Å². The summed E-state index contributed by atoms with van der Waals surface area (Å²) in [4.78, 5) is 22.4. The SMILES string of the molecule is CC(Sc1ncc(-c2ccc(Br)cc2)[nH]1)C(=O)N(CCC#N)c1ccccc1. The van der Waals surface area contributed by atoms with Crippen LogP contribution in [-0.4, -0.2) is 27.7 Å². The van der Waals surface area contributed by atoms with E-state index in [-0.39, 0.29) is 17.6 Å². The molecule has 1 heterocycles. The van der Waals surface area contributed by atoms with E-state index < -0.39 is 0 Å². The summed E-state index contributed by atoms with van der Waals surface area (Å²) >= 11 is 4.81. The molecule has 2 aromatic carbocycles. The quantitative estimate of drug-likeness (QED) is 0.493. The van der Waals surface area contributed by atoms with Gasteiger partial charge in [0.2, 0.25) is 5.91 Å². The number of halogens is 1. The van der Waals surface area contributed by atoms with Crippen LogP contribution in [-0.2, 0) is 4.79 Å². The van der Waals surface area contributed by atoms with Gasteiger partial charge in [0.15, 0.2) is 5.16 Å². The van der Waals surface area contributed by atoms with Crippen molar-refractivity contribution in [3.63, 3.8) is 0 Å². The van der Waals surface area contributed by atoms with Crippen molar-refractivity contribution in [1.29, 1.82) is 5.26 Å². The third kappa shape index (κ3) is 5.03. The molecule has 0 bridgehead atoms. The van der Waals surface area contributed by atoms with Gasteiger partial charge < -0.3 is 9.88 Å². The zero-order valence-corrected chi connectivity index (χ0v) is 17.7. The van der Waals surface area contributed by atoms with Crippen molar-refractivity contribution in [2.75, 3.05) is 11.4 Å². The molecule has 1 N–H and O–H groups in total. The van der Waals surface area contributed by atoms with E-state index >= 15 is 0 Å². The Bertz CT molecular complexity index is 966. The van der Waals surface area contributed by atoms with Crippen LogP contribution in [0.4, 0.5) is 5.69 Å². The van der Waals surface area contributed by atoms with Crippen LogP contribution >= 0.6 is 27.7 Å². The van der Waals surface area contributed by atoms with E-state index in [0.29, 0.717) is 11.7 Å². The summed E-state index contributed by atoms with van der Waals surface area (Å²) < 4.78 is 1.02. The molecule has 7 heteroatoms. The van der Waals surface area contributed by atoms with Gasteiger partial charge in [0.25, 0.3) is 0 Å². The minimum Gasteiger partial charge on any atom is -0.333 e. The first-order valence-corrected chi connectivity index (χ1v) is 10.5. The van der Waals surface area contributed by atoms with Crippen LogP contribution in [0.2, 0.25) is 0 Å². The Morgan fingerprint density at radius 3 is 2.64 bits per heavy atom. The van der Waals surface area contributed by atoms with Gasteiger partial charge in [0.05, 0.1) is 29.6 Å². The minimum atomic E-state index is -0.345. The molecule has 1 aromatic heterocycles. The first kappa shape index (κ1) is 20.2. The zero-order valence-electron chi connectivity index (χ0n) is 15.3. The third-order valence-corrected chi connectivity index (χ3v) is 5.64. The maximum atomic E-state index is 13.0. The number of hydrogen-bond acceptors (Lipinski definition) is 4. The van der Waals surface area contributed by atoms with Crippen molar-refractivity contribution in [2.45, 2.75) is 23.8 Å². The Hall–Kier alpha value is -2.56. The fourth-order valence-corrected chi connectivity index (χ4v) is 3.82. The van der Waals surface area contributed by atoms with E-state index in [1.54, 1.807) is 11.1 Å². The van der Waals surface area contributed by atoms with Gasteiger partial charge in [-0.1, -0.05) is 58.0 Å². The van der Waals surface area contributed by atoms with Crippen LogP contribution in [0.1, 0.15) is 13.3 Å². The second-order valence-corrected chi connectivity index (χ2v) is 8.35. The van der Waals surface area contributed by atoms with Gasteiger partial charge in [0.1, 0.15) is 0 Å². The smallest absolute Gasteiger partial charge is 0.240 e. The molecule has 0 saturated heterocycles. The Kier molecular flexibility index (Phi) is 6.90. The second-order valence-electron chi connectivity index (χ2n) is 6.10. The molecular formula is C21H19BrN4OS. The van der Waals surface area contributed by atoms with E-state index in [0.717, 1.165) is 21.4 Å². The topological polar surface area (TPSA) is 72.8 Å². The lowest BCUT2D eigenvalue weighted by Crippen LogP contribution is -2.37. The summed E-state index contributed by atoms with van der Waals surface area (Å²) in [6, 6.07) is 19.5. The van der Waals surface area contributed by atoms with Gasteiger partial charge in [-0.15, -0.1) is 0 Å². The van der Waals surface area contributed by atoms with Crippen molar-refractivity contribution in [3.05, 3.63) is 65.3 Å². The van der Waals surface area contributed by atoms with Gasteiger partial charge in [-0.2, -0.15) is 5.26 Å². The molecule has 0 aliphatic carbocycles. The highest BCUT2D eigenvalue weighted by molar-refractivity contribution is 9.10. The Morgan fingerprint density at radius 1 is 1.25 bits per heavy atom. The molecule has 1 unspecified atom stereocenters. The molecule has 0 saturated carbocycles. The molecule has 28 heavy (non-hydrogen) atoms. The highest BCUT2D eigenvalue weighted by Gasteiger charge is 2.23. The van der Waals surface area contributed by atoms with Crippen molar-refractivity contribution < 1.29 is 4.79 Å². The van der Waals surface area contributed by atoms with Crippen LogP contribution in [0.3, 0.4) is 0 Å². The lowest BCUT2D eigenvalue weighted by molar-refractivity contribution is -0.117. The zero-order chi connectivity index (χ0) is 19.9. The summed E-state index contributed by atoms with van der Waals surface area (Å²) in [6.07, 6.45) is 2.06. The number of para-hydroxylation sites is 1. The third-order valence-electron chi connectivity index (χ3n) is 4.13. The maximum absolute atomic E-state index is 13.0. The number of rotatable bonds is 7. The average molecular weight is 455 g/mol. The first-order chi connectivity index (χ1) is 13.6. The predicted octanol–water partition coefficient (Wildman–Crippen LogP) is 5.27. The number of benzene rings is 2. The van der Waals surface area contributed by atoms with Crippen LogP contribution in [0.5, 0.6) is 0 Å². The summed E-state index contributed by atoms with van der Waals surface area (Å²) in [5, 5.41) is 9.28. The van der Waals surface area contributed by atoms with E-state index in [4.69, 9.17) is 5.26 Å². The van der Waals surface area contributed by atoms with E-state index in [2.05, 4.69) is 32.0 Å². The van der Waals surface area contributed by atoms with Crippen LogP contribution in [0, 0.1) is 11.3 Å². The normalized spacial score (nSPS) is 11.6. The van der Waals surface area contributed by atoms with Gasteiger partial charge >= 0.3 is 0 Å². The number of aromatic amines is 1. The number of amides is 1. The standard InChI is InChI=1S/C21H19BrN4OS/c1-15(20(27)26(13-5-12-23)18-6-3-2-4-7-18)28-21-24-14-19(25-21)16-8-10-17(22)11-9-16/h2-4,6-11,14-15H,5,13H2,1H3,(H,24,25). The lowest BCUT2D eigenvalue weighted by atomic mass is 10.2. The number of hydrogen-bond donors (Lipinski definition) is 1. The fourth-order valence-electron chi connectivity index (χ4n) is 2.71. The minimum absolute atomic E-state index is 0.0481. The molecule has 1 atom stereocenters. The Morgan fingerprint density at radius 2 is 1.96 bits per heavy atom. The second kappa shape index (κ2) is 9.58. The first-order valence-electron chi connectivity index (χ1n) is 8.79. The molecule has 142 valence electrons. The van der Waals surface area contributed by atoms with Crippen LogP contribution in [0.15, 0.2) is 70.4 Å². The number of imidazole rings is 1. The van der Waals surface area contributed by atoms with Gasteiger partial charge in [-0.05, 0) is 36.8 Å². The van der Waals surface area contributed by atoms with Crippen molar-refractivity contribution in [3.8, 4) is 17.3 Å². The average Bonchev–Trinajstić information content (AvgIpc) is 3.18. The number of carbonyl (C=O) groups is 1. The van der Waals surface area contributed by atoms with E-state index in [9.17, 15) is 4.79 Å². The van der Waals surface area contributed by atoms with Crippen molar-refractivity contribution in [1.82, 2.24) is 9.97 Å². The maximum Gasteiger partial charge on any atom is 0.240 e. The number of nitrogens with zero attached hydrogens (tertiary/aromatic N) is 3. The number of nitriles is 1. The van der Waals surface area contributed by atoms with Gasteiger partial charge in [0, 0.05) is 16.7 Å².